The minimum atomic E-state index is 0.632. The van der Waals surface area contributed by atoms with Crippen molar-refractivity contribution in [2.45, 2.75) is 20.4 Å². The zero-order valence-electron chi connectivity index (χ0n) is 11.6. The molecule has 0 saturated heterocycles. The van der Waals surface area contributed by atoms with E-state index in [4.69, 9.17) is 16.3 Å². The van der Waals surface area contributed by atoms with E-state index in [9.17, 15) is 0 Å². The van der Waals surface area contributed by atoms with Gasteiger partial charge < -0.3 is 10.1 Å². The standard InChI is InChI=1S/C14H18ClN3O/c1-9-6-5-7-12(15)13(9)16-8-11-10(2)17-18(3)14(11)19-4/h5-7,16H,8H2,1-4H3. The molecule has 0 unspecified atom stereocenters. The first-order valence-corrected chi connectivity index (χ1v) is 6.47. The quantitative estimate of drug-likeness (QED) is 0.933. The molecule has 2 rings (SSSR count). The van der Waals surface area contributed by atoms with Gasteiger partial charge >= 0.3 is 0 Å². The number of nitrogens with one attached hydrogen (secondary N) is 1. The van der Waals surface area contributed by atoms with Crippen LogP contribution < -0.4 is 10.1 Å². The fourth-order valence-corrected chi connectivity index (χ4v) is 2.46. The van der Waals surface area contributed by atoms with Crippen LogP contribution in [0.1, 0.15) is 16.8 Å². The molecule has 0 aliphatic carbocycles. The molecule has 0 fully saturated rings. The number of anilines is 1. The van der Waals surface area contributed by atoms with Crippen LogP contribution in [-0.2, 0) is 13.6 Å². The average Bonchev–Trinajstić information content (AvgIpc) is 2.63. The Morgan fingerprint density at radius 1 is 1.37 bits per heavy atom. The second kappa shape index (κ2) is 5.53. The van der Waals surface area contributed by atoms with Crippen molar-refractivity contribution < 1.29 is 4.74 Å². The first kappa shape index (κ1) is 13.7. The summed E-state index contributed by atoms with van der Waals surface area (Å²) in [7, 11) is 3.52. The maximum absolute atomic E-state index is 6.20. The molecule has 0 atom stereocenters. The smallest absolute Gasteiger partial charge is 0.216 e. The molecule has 19 heavy (non-hydrogen) atoms. The van der Waals surface area contributed by atoms with Gasteiger partial charge in [0.1, 0.15) is 0 Å². The van der Waals surface area contributed by atoms with Gasteiger partial charge in [-0.15, -0.1) is 0 Å². The van der Waals surface area contributed by atoms with Crippen LogP contribution in [0.25, 0.3) is 0 Å². The van der Waals surface area contributed by atoms with E-state index in [1.807, 2.05) is 39.1 Å². The van der Waals surface area contributed by atoms with Crippen LogP contribution in [0.15, 0.2) is 18.2 Å². The number of methoxy groups -OCH3 is 1. The van der Waals surface area contributed by atoms with E-state index in [0.717, 1.165) is 33.4 Å². The largest absolute Gasteiger partial charge is 0.481 e. The van der Waals surface area contributed by atoms with E-state index < -0.39 is 0 Å². The molecule has 5 heteroatoms. The number of aromatic nitrogens is 2. The molecule has 1 heterocycles. The highest BCUT2D eigenvalue weighted by atomic mass is 35.5. The molecule has 1 aromatic carbocycles. The fourth-order valence-electron chi connectivity index (χ4n) is 2.17. The number of hydrogen-bond acceptors (Lipinski definition) is 3. The summed E-state index contributed by atoms with van der Waals surface area (Å²) in [4.78, 5) is 0. The third kappa shape index (κ3) is 2.68. The Kier molecular flexibility index (Phi) is 4.00. The lowest BCUT2D eigenvalue weighted by Gasteiger charge is -2.12. The van der Waals surface area contributed by atoms with E-state index in [2.05, 4.69) is 10.4 Å². The predicted molar refractivity (Wildman–Crippen MR) is 78.0 cm³/mol. The zero-order chi connectivity index (χ0) is 14.0. The van der Waals surface area contributed by atoms with Crippen LogP contribution in [0.3, 0.4) is 0 Å². The number of nitrogens with zero attached hydrogens (tertiary/aromatic N) is 2. The lowest BCUT2D eigenvalue weighted by Crippen LogP contribution is -2.04. The zero-order valence-corrected chi connectivity index (χ0v) is 12.4. The molecule has 102 valence electrons. The SMILES string of the molecule is COc1c(CNc2c(C)cccc2Cl)c(C)nn1C. The molecule has 2 aromatic rings. The number of ether oxygens (including phenoxy) is 1. The van der Waals surface area contributed by atoms with Crippen molar-refractivity contribution in [3.63, 3.8) is 0 Å². The number of hydrogen-bond donors (Lipinski definition) is 1. The molecule has 0 aliphatic rings. The molecule has 0 radical (unpaired) electrons. The summed E-state index contributed by atoms with van der Waals surface area (Å²) >= 11 is 6.20. The number of rotatable bonds is 4. The Morgan fingerprint density at radius 3 is 2.74 bits per heavy atom. The van der Waals surface area contributed by atoms with Gasteiger partial charge in [-0.05, 0) is 25.5 Å². The van der Waals surface area contributed by atoms with Crippen molar-refractivity contribution in [1.29, 1.82) is 0 Å². The van der Waals surface area contributed by atoms with Gasteiger partial charge in [0, 0.05) is 13.6 Å². The number of halogens is 1. The van der Waals surface area contributed by atoms with Crippen molar-refractivity contribution in [3.05, 3.63) is 40.0 Å². The van der Waals surface area contributed by atoms with Crippen molar-refractivity contribution in [2.24, 2.45) is 7.05 Å². The summed E-state index contributed by atoms with van der Waals surface area (Å²) in [6, 6.07) is 5.85. The second-order valence-electron chi connectivity index (χ2n) is 4.48. The van der Waals surface area contributed by atoms with Crippen molar-refractivity contribution in [2.75, 3.05) is 12.4 Å². The number of aryl methyl sites for hydroxylation is 3. The first-order chi connectivity index (χ1) is 9.04. The summed E-state index contributed by atoms with van der Waals surface area (Å²) in [6.45, 7) is 4.63. The van der Waals surface area contributed by atoms with Crippen LogP contribution in [0.4, 0.5) is 5.69 Å². The van der Waals surface area contributed by atoms with Gasteiger partial charge in [-0.3, -0.25) is 0 Å². The molecular weight excluding hydrogens is 262 g/mol. The Hall–Kier alpha value is -1.68. The van der Waals surface area contributed by atoms with E-state index in [1.54, 1.807) is 11.8 Å². The monoisotopic (exact) mass is 279 g/mol. The van der Waals surface area contributed by atoms with E-state index in [1.165, 1.54) is 0 Å². The highest BCUT2D eigenvalue weighted by molar-refractivity contribution is 6.33. The van der Waals surface area contributed by atoms with Crippen molar-refractivity contribution in [1.82, 2.24) is 9.78 Å². The normalized spacial score (nSPS) is 10.6. The Labute approximate surface area is 118 Å². The molecular formula is C14H18ClN3O. The second-order valence-corrected chi connectivity index (χ2v) is 4.89. The van der Waals surface area contributed by atoms with Crippen LogP contribution in [0.2, 0.25) is 5.02 Å². The topological polar surface area (TPSA) is 39.1 Å². The fraction of sp³-hybridized carbons (Fsp3) is 0.357. The van der Waals surface area contributed by atoms with Gasteiger partial charge in [0.2, 0.25) is 5.88 Å². The van der Waals surface area contributed by atoms with Gasteiger partial charge in [0.15, 0.2) is 0 Å². The van der Waals surface area contributed by atoms with Gasteiger partial charge in [0.05, 0.1) is 29.1 Å². The minimum absolute atomic E-state index is 0.632. The lowest BCUT2D eigenvalue weighted by molar-refractivity contribution is 0.370. The van der Waals surface area contributed by atoms with Crippen LogP contribution in [0, 0.1) is 13.8 Å². The maximum Gasteiger partial charge on any atom is 0.216 e. The van der Waals surface area contributed by atoms with Crippen LogP contribution >= 0.6 is 11.6 Å². The Bertz CT molecular complexity index is 572. The molecule has 0 spiro atoms. The van der Waals surface area contributed by atoms with Crippen LogP contribution in [0.5, 0.6) is 5.88 Å². The molecule has 0 saturated carbocycles. The number of benzene rings is 1. The van der Waals surface area contributed by atoms with Crippen molar-refractivity contribution in [3.8, 4) is 5.88 Å². The third-order valence-electron chi connectivity index (χ3n) is 3.15. The van der Waals surface area contributed by atoms with Crippen molar-refractivity contribution >= 4 is 17.3 Å². The molecule has 0 aliphatic heterocycles. The third-order valence-corrected chi connectivity index (χ3v) is 3.46. The van der Waals surface area contributed by atoms with Gasteiger partial charge in [0.25, 0.3) is 0 Å². The predicted octanol–water partition coefficient (Wildman–Crippen LogP) is 3.31. The average molecular weight is 280 g/mol. The summed E-state index contributed by atoms with van der Waals surface area (Å²) < 4.78 is 7.12. The van der Waals surface area contributed by atoms with E-state index in [-0.39, 0.29) is 0 Å². The summed E-state index contributed by atoms with van der Waals surface area (Å²) in [5.74, 6) is 0.773. The molecule has 0 bridgehead atoms. The van der Waals surface area contributed by atoms with Gasteiger partial charge in [-0.1, -0.05) is 23.7 Å². The summed E-state index contributed by atoms with van der Waals surface area (Å²) in [6.07, 6.45) is 0. The highest BCUT2D eigenvalue weighted by Gasteiger charge is 2.14. The van der Waals surface area contributed by atoms with Gasteiger partial charge in [-0.25, -0.2) is 4.68 Å². The summed E-state index contributed by atoms with van der Waals surface area (Å²) in [5.41, 5.74) is 4.07. The van der Waals surface area contributed by atoms with Gasteiger partial charge in [-0.2, -0.15) is 5.10 Å². The molecule has 0 amide bonds. The minimum Gasteiger partial charge on any atom is -0.481 e. The maximum atomic E-state index is 6.20. The molecule has 1 N–H and O–H groups in total. The Morgan fingerprint density at radius 2 is 2.11 bits per heavy atom. The van der Waals surface area contributed by atoms with Crippen LogP contribution in [-0.4, -0.2) is 16.9 Å². The highest BCUT2D eigenvalue weighted by Crippen LogP contribution is 2.28. The summed E-state index contributed by atoms with van der Waals surface area (Å²) in [5, 5.41) is 8.44. The number of para-hydroxylation sites is 1. The van der Waals surface area contributed by atoms with E-state index >= 15 is 0 Å². The first-order valence-electron chi connectivity index (χ1n) is 6.10. The molecule has 1 aromatic heterocycles. The Balaban J connectivity index is 2.24. The van der Waals surface area contributed by atoms with E-state index in [0.29, 0.717) is 6.54 Å². The lowest BCUT2D eigenvalue weighted by atomic mass is 10.2. The molecule has 4 nitrogen and oxygen atoms in total.